The number of piperidine rings is 1. The Morgan fingerprint density at radius 2 is 1.00 bits per heavy atom. The fraction of sp³-hybridized carbons (Fsp3) is 0.766. The van der Waals surface area contributed by atoms with Crippen LogP contribution in [0.1, 0.15) is 169 Å². The molecule has 3 rings (SSSR count). The Bertz CT molecular complexity index is 1390. The van der Waals surface area contributed by atoms with Crippen molar-refractivity contribution < 1.29 is 52.4 Å². The van der Waals surface area contributed by atoms with Crippen LogP contribution in [0, 0.1) is 0 Å². The van der Waals surface area contributed by atoms with Crippen LogP contribution in [0.25, 0.3) is 0 Å². The molecule has 61 heavy (non-hydrogen) atoms. The summed E-state index contributed by atoms with van der Waals surface area (Å²) in [6, 6.07) is 3.56. The largest absolute Gasteiger partial charge is 0.379 e. The van der Waals surface area contributed by atoms with Crippen molar-refractivity contribution in [1.82, 2.24) is 10.2 Å². The van der Waals surface area contributed by atoms with Gasteiger partial charge in [-0.3, -0.25) is 34.2 Å². The Morgan fingerprint density at radius 3 is 1.46 bits per heavy atom. The third-order valence-corrected chi connectivity index (χ3v) is 10.9. The van der Waals surface area contributed by atoms with E-state index < -0.39 is 29.7 Å². The van der Waals surface area contributed by atoms with Gasteiger partial charge in [0, 0.05) is 26.1 Å². The Hall–Kier alpha value is -3.27. The molecule has 0 saturated carbocycles. The summed E-state index contributed by atoms with van der Waals surface area (Å²) < 4.78 is 33.5. The zero-order valence-corrected chi connectivity index (χ0v) is 37.3. The van der Waals surface area contributed by atoms with Gasteiger partial charge in [-0.15, -0.1) is 0 Å². The molecule has 346 valence electrons. The predicted molar refractivity (Wildman–Crippen MR) is 235 cm³/mol. The zero-order valence-electron chi connectivity index (χ0n) is 37.3. The Morgan fingerprint density at radius 1 is 0.574 bits per heavy atom. The minimum absolute atomic E-state index is 0.0346. The molecule has 0 radical (unpaired) electrons. The van der Waals surface area contributed by atoms with E-state index >= 15 is 0 Å². The van der Waals surface area contributed by atoms with Crippen molar-refractivity contribution in [1.29, 1.82) is 0 Å². The number of rotatable bonds is 40. The number of nitrogens with one attached hydrogen (secondary N) is 2. The van der Waals surface area contributed by atoms with Crippen LogP contribution in [0.4, 0.5) is 5.69 Å². The molecule has 1 aromatic carbocycles. The molecule has 0 aromatic heterocycles. The first-order valence-electron chi connectivity index (χ1n) is 23.5. The molecule has 1 fully saturated rings. The summed E-state index contributed by atoms with van der Waals surface area (Å²) in [5.41, 5.74) is 0.409. The van der Waals surface area contributed by atoms with E-state index in [1.165, 1.54) is 102 Å². The van der Waals surface area contributed by atoms with Gasteiger partial charge in [0.15, 0.2) is 0 Å². The summed E-state index contributed by atoms with van der Waals surface area (Å²) >= 11 is 0. The van der Waals surface area contributed by atoms with Crippen molar-refractivity contribution in [3.8, 4) is 0 Å². The van der Waals surface area contributed by atoms with E-state index in [9.17, 15) is 24.0 Å². The molecule has 1 aromatic rings. The first-order chi connectivity index (χ1) is 29.9. The summed E-state index contributed by atoms with van der Waals surface area (Å²) in [6.07, 6.45) is 24.5. The van der Waals surface area contributed by atoms with E-state index in [1.807, 2.05) is 0 Å². The maximum Gasteiger partial charge on any atom is 0.264 e. The molecule has 0 aliphatic carbocycles. The molecule has 0 spiro atoms. The molecule has 1 unspecified atom stereocenters. The molecule has 1 saturated heterocycles. The van der Waals surface area contributed by atoms with Gasteiger partial charge < -0.3 is 33.7 Å². The number of hydrogen-bond donors (Lipinski definition) is 2. The van der Waals surface area contributed by atoms with Crippen molar-refractivity contribution in [2.75, 3.05) is 84.6 Å². The molecule has 1 atom stereocenters. The maximum atomic E-state index is 13.2. The number of unbranched alkanes of at least 4 members (excludes halogenated alkanes) is 17. The van der Waals surface area contributed by atoms with Gasteiger partial charge in [-0.2, -0.15) is 0 Å². The van der Waals surface area contributed by atoms with Crippen LogP contribution in [-0.2, 0) is 42.8 Å². The lowest BCUT2D eigenvalue weighted by Crippen LogP contribution is -2.54. The third-order valence-electron chi connectivity index (χ3n) is 10.9. The lowest BCUT2D eigenvalue weighted by Gasteiger charge is -2.27. The summed E-state index contributed by atoms with van der Waals surface area (Å²) in [5, 5.41) is 4.92. The van der Waals surface area contributed by atoms with Gasteiger partial charge >= 0.3 is 0 Å². The molecule has 2 aliphatic rings. The molecule has 14 heteroatoms. The minimum Gasteiger partial charge on any atom is -0.379 e. The number of carbonyl (C=O) groups excluding carboxylic acids is 5. The highest BCUT2D eigenvalue weighted by molar-refractivity contribution is 6.26. The average molecular weight is 860 g/mol. The number of anilines is 1. The summed E-state index contributed by atoms with van der Waals surface area (Å²) in [4.78, 5) is 63.6. The summed E-state index contributed by atoms with van der Waals surface area (Å²) in [5.74, 6) is -2.68. The van der Waals surface area contributed by atoms with Crippen molar-refractivity contribution in [2.24, 2.45) is 0 Å². The number of benzene rings is 1. The lowest BCUT2D eigenvalue weighted by molar-refractivity contribution is -0.136. The first-order valence-corrected chi connectivity index (χ1v) is 23.5. The van der Waals surface area contributed by atoms with E-state index in [0.717, 1.165) is 30.8 Å². The summed E-state index contributed by atoms with van der Waals surface area (Å²) in [7, 11) is 0. The van der Waals surface area contributed by atoms with E-state index in [4.69, 9.17) is 28.4 Å². The fourth-order valence-corrected chi connectivity index (χ4v) is 7.45. The first kappa shape index (κ1) is 52.1. The predicted octanol–water partition coefficient (Wildman–Crippen LogP) is 7.95. The van der Waals surface area contributed by atoms with Crippen LogP contribution in [0.15, 0.2) is 18.2 Å². The number of amides is 5. The quantitative estimate of drug-likeness (QED) is 0.0486. The van der Waals surface area contributed by atoms with Crippen LogP contribution in [0.2, 0.25) is 0 Å². The highest BCUT2D eigenvalue weighted by Crippen LogP contribution is 2.32. The molecular weight excluding hydrogens is 783 g/mol. The normalized spacial score (nSPS) is 15.2. The Labute approximate surface area is 365 Å². The van der Waals surface area contributed by atoms with Crippen LogP contribution < -0.4 is 10.6 Å². The van der Waals surface area contributed by atoms with Crippen molar-refractivity contribution in [2.45, 2.75) is 154 Å². The molecule has 5 amide bonds. The topological polar surface area (TPSA) is 168 Å². The molecule has 2 N–H and O–H groups in total. The van der Waals surface area contributed by atoms with E-state index in [2.05, 4.69) is 17.6 Å². The third kappa shape index (κ3) is 22.6. The second-order valence-electron chi connectivity index (χ2n) is 16.0. The van der Waals surface area contributed by atoms with Crippen LogP contribution in [-0.4, -0.2) is 120 Å². The van der Waals surface area contributed by atoms with Crippen molar-refractivity contribution >= 4 is 35.2 Å². The Balaban J connectivity index is 0.995. The number of hydrogen-bond acceptors (Lipinski definition) is 11. The average Bonchev–Trinajstić information content (AvgIpc) is 3.50. The van der Waals surface area contributed by atoms with Gasteiger partial charge in [0.25, 0.3) is 11.8 Å². The highest BCUT2D eigenvalue weighted by atomic mass is 16.6. The molecule has 14 nitrogen and oxygen atoms in total. The van der Waals surface area contributed by atoms with Crippen LogP contribution in [0.3, 0.4) is 0 Å². The molecule has 2 heterocycles. The van der Waals surface area contributed by atoms with Gasteiger partial charge in [-0.1, -0.05) is 116 Å². The van der Waals surface area contributed by atoms with E-state index in [1.54, 1.807) is 12.1 Å². The van der Waals surface area contributed by atoms with Crippen LogP contribution in [0.5, 0.6) is 0 Å². The minimum atomic E-state index is -1.07. The number of ether oxygens (including phenoxy) is 6. The van der Waals surface area contributed by atoms with Gasteiger partial charge in [0.2, 0.25) is 17.7 Å². The van der Waals surface area contributed by atoms with Crippen LogP contribution >= 0.6 is 0 Å². The number of fused-ring (bicyclic) bond motifs is 1. The number of carbonyl (C=O) groups is 5. The molecule has 0 bridgehead atoms. The van der Waals surface area contributed by atoms with E-state index in [-0.39, 0.29) is 42.0 Å². The Kier molecular flexibility index (Phi) is 29.2. The van der Waals surface area contributed by atoms with Gasteiger partial charge in [-0.25, -0.2) is 0 Å². The molecule has 2 aliphatic heterocycles. The fourth-order valence-electron chi connectivity index (χ4n) is 7.45. The highest BCUT2D eigenvalue weighted by Gasteiger charge is 2.45. The molecular formula is C47H77N3O11. The van der Waals surface area contributed by atoms with Crippen molar-refractivity contribution in [3.05, 3.63) is 29.3 Å². The SMILES string of the molecule is CCCCCCCCCCCCCCCCCCOCCOCCOCCOCCOCCOCCCCCC(=O)Nc1cccc2c1C(=O)N(C1CCC(=O)NC1=O)C2=O. The zero-order chi connectivity index (χ0) is 43.6. The van der Waals surface area contributed by atoms with E-state index in [0.29, 0.717) is 79.1 Å². The second-order valence-corrected chi connectivity index (χ2v) is 16.0. The second kappa shape index (κ2) is 34.2. The monoisotopic (exact) mass is 860 g/mol. The number of imide groups is 2. The summed E-state index contributed by atoms with van der Waals surface area (Å²) in [6.45, 7) is 8.81. The standard InChI is InChI=1S/C47H77N3O11/c1-2-3-4-5-6-7-8-9-10-11-12-13-14-15-16-19-27-56-29-31-58-33-35-60-37-38-61-36-34-59-32-30-57-28-20-17-18-24-42(51)48-40-23-21-22-39-44(40)47(55)50(46(39)54)41-25-26-43(52)49-45(41)53/h21-23,41H,2-20,24-38H2,1H3,(H,48,51)(H,49,52,53). The number of nitrogens with zero attached hydrogens (tertiary/aromatic N) is 1. The van der Waals surface area contributed by atoms with Gasteiger partial charge in [0.1, 0.15) is 6.04 Å². The smallest absolute Gasteiger partial charge is 0.264 e. The maximum absolute atomic E-state index is 13.2. The van der Waals surface area contributed by atoms with Gasteiger partial charge in [-0.05, 0) is 37.8 Å². The van der Waals surface area contributed by atoms with Crippen molar-refractivity contribution in [3.63, 3.8) is 0 Å². The lowest BCUT2D eigenvalue weighted by atomic mass is 10.0. The van der Waals surface area contributed by atoms with Gasteiger partial charge in [0.05, 0.1) is 82.9 Å².